The second-order valence-electron chi connectivity index (χ2n) is 12.6. The molecular formula is C30H51N9O10. The van der Waals surface area contributed by atoms with Crippen molar-refractivity contribution in [2.45, 2.75) is 91.0 Å². The molecule has 0 aromatic carbocycles. The van der Waals surface area contributed by atoms with E-state index >= 15 is 0 Å². The highest BCUT2D eigenvalue weighted by atomic mass is 16.4. The van der Waals surface area contributed by atoms with Gasteiger partial charge in [0.15, 0.2) is 0 Å². The van der Waals surface area contributed by atoms with Crippen LogP contribution in [0.2, 0.25) is 0 Å². The van der Waals surface area contributed by atoms with Gasteiger partial charge < -0.3 is 53.0 Å². The lowest BCUT2D eigenvalue weighted by Gasteiger charge is -2.28. The van der Waals surface area contributed by atoms with Crippen LogP contribution in [-0.4, -0.2) is 126 Å². The van der Waals surface area contributed by atoms with Crippen LogP contribution in [0.25, 0.3) is 0 Å². The third-order valence-corrected chi connectivity index (χ3v) is 7.43. The number of aliphatic carboxylic acids is 1. The summed E-state index contributed by atoms with van der Waals surface area (Å²) in [5, 5.41) is 25.1. The van der Waals surface area contributed by atoms with Crippen molar-refractivity contribution in [3.63, 3.8) is 0 Å². The quantitative estimate of drug-likeness (QED) is 0.0628. The molecule has 276 valence electrons. The molecule has 1 heterocycles. The van der Waals surface area contributed by atoms with E-state index in [9.17, 15) is 43.2 Å². The van der Waals surface area contributed by atoms with E-state index in [0.717, 1.165) is 0 Å². The number of carboxylic acid groups (broad SMARTS) is 1. The molecule has 49 heavy (non-hydrogen) atoms. The maximum atomic E-state index is 12.9. The van der Waals surface area contributed by atoms with E-state index in [1.807, 2.05) is 27.7 Å². The number of hydrogen-bond donors (Lipinski definition) is 9. The minimum Gasteiger partial charge on any atom is -0.480 e. The topological polar surface area (TPSA) is 287 Å². The van der Waals surface area contributed by atoms with Gasteiger partial charge in [-0.3, -0.25) is 43.2 Å². The number of nitrogens with one attached hydrogen (secondary N) is 7. The number of carbonyl (C=O) groups is 9. The lowest BCUT2D eigenvalue weighted by molar-refractivity contribution is -0.140. The molecule has 8 amide bonds. The summed E-state index contributed by atoms with van der Waals surface area (Å²) in [6.07, 6.45) is 1.26. The van der Waals surface area contributed by atoms with Crippen molar-refractivity contribution in [2.75, 3.05) is 32.7 Å². The Hall–Kier alpha value is -4.81. The number of likely N-dealkylation sites (tertiary alicyclic amines) is 1. The van der Waals surface area contributed by atoms with E-state index in [4.69, 9.17) is 10.8 Å². The van der Waals surface area contributed by atoms with Crippen LogP contribution in [0.4, 0.5) is 0 Å². The zero-order chi connectivity index (χ0) is 37.4. The smallest absolute Gasteiger partial charge is 0.322 e. The van der Waals surface area contributed by atoms with Crippen molar-refractivity contribution in [1.29, 1.82) is 0 Å². The predicted octanol–water partition coefficient (Wildman–Crippen LogP) is -3.95. The lowest BCUT2D eigenvalue weighted by atomic mass is 10.0. The maximum Gasteiger partial charge on any atom is 0.322 e. The molecule has 5 atom stereocenters. The van der Waals surface area contributed by atoms with Gasteiger partial charge in [-0.05, 0) is 44.9 Å². The lowest BCUT2D eigenvalue weighted by Crippen LogP contribution is -2.55. The first-order chi connectivity index (χ1) is 22.8. The number of carboxylic acids is 1. The highest BCUT2D eigenvalue weighted by Gasteiger charge is 2.37. The molecule has 0 bridgehead atoms. The normalized spacial score (nSPS) is 16.4. The van der Waals surface area contributed by atoms with Crippen LogP contribution >= 0.6 is 0 Å². The third kappa shape index (κ3) is 15.3. The fraction of sp³-hybridized carbons (Fsp3) is 0.700. The van der Waals surface area contributed by atoms with Gasteiger partial charge in [0.05, 0.1) is 25.7 Å². The Morgan fingerprint density at radius 3 is 1.65 bits per heavy atom. The Morgan fingerprint density at radius 1 is 0.694 bits per heavy atom. The Balaban J connectivity index is 2.56. The molecule has 1 aliphatic rings. The van der Waals surface area contributed by atoms with E-state index < -0.39 is 104 Å². The Morgan fingerprint density at radius 2 is 1.16 bits per heavy atom. The highest BCUT2D eigenvalue weighted by Crippen LogP contribution is 2.19. The molecule has 10 N–H and O–H groups in total. The van der Waals surface area contributed by atoms with Crippen molar-refractivity contribution in [2.24, 2.45) is 17.6 Å². The van der Waals surface area contributed by atoms with Gasteiger partial charge in [0, 0.05) is 6.54 Å². The van der Waals surface area contributed by atoms with Gasteiger partial charge in [-0.2, -0.15) is 0 Å². The van der Waals surface area contributed by atoms with Gasteiger partial charge in [-0.15, -0.1) is 0 Å². The predicted molar refractivity (Wildman–Crippen MR) is 174 cm³/mol. The standard InChI is InChI=1S/C30H51N9O10/c1-15(2)10-19(38-23(42)13-34-29(48)20-8-7-9-39(20)30(49)25(31)16(3)4)28(47)33-12-22(41)36-17(5)26(45)32-11-21(40)37-18(6)27(46)35-14-24(43)44/h15-20,25H,7-14,31H2,1-6H3,(H,32,45)(H,33,47)(H,34,48)(H,35,46)(H,36,41)(H,37,40)(H,38,42)(H,43,44)/t17-,18-,19-,20-,25-/m0/s1. The molecule has 19 heteroatoms. The van der Waals surface area contributed by atoms with Gasteiger partial charge >= 0.3 is 5.97 Å². The van der Waals surface area contributed by atoms with E-state index in [0.29, 0.717) is 19.4 Å². The molecule has 1 rings (SSSR count). The number of hydrogen-bond acceptors (Lipinski definition) is 10. The van der Waals surface area contributed by atoms with E-state index in [2.05, 4.69) is 37.2 Å². The second-order valence-corrected chi connectivity index (χ2v) is 12.6. The van der Waals surface area contributed by atoms with Gasteiger partial charge in [-0.25, -0.2) is 0 Å². The molecule has 0 saturated carbocycles. The average Bonchev–Trinajstić information content (AvgIpc) is 3.52. The molecule has 1 saturated heterocycles. The van der Waals surface area contributed by atoms with E-state index in [1.54, 1.807) is 0 Å². The maximum absolute atomic E-state index is 12.9. The molecule has 0 aromatic rings. The van der Waals surface area contributed by atoms with Crippen LogP contribution in [-0.2, 0) is 43.2 Å². The number of nitrogens with two attached hydrogens (primary N) is 1. The van der Waals surface area contributed by atoms with Crippen LogP contribution in [0.15, 0.2) is 0 Å². The Kier molecular flexibility index (Phi) is 17.7. The van der Waals surface area contributed by atoms with Crippen LogP contribution in [0.3, 0.4) is 0 Å². The summed E-state index contributed by atoms with van der Waals surface area (Å²) in [6.45, 7) is 8.16. The van der Waals surface area contributed by atoms with Crippen molar-refractivity contribution in [1.82, 2.24) is 42.1 Å². The second kappa shape index (κ2) is 20.5. The van der Waals surface area contributed by atoms with Crippen molar-refractivity contribution < 1.29 is 48.3 Å². The van der Waals surface area contributed by atoms with Crippen LogP contribution < -0.4 is 43.0 Å². The molecule has 1 fully saturated rings. The minimum absolute atomic E-state index is 0.0364. The van der Waals surface area contributed by atoms with Gasteiger partial charge in [-0.1, -0.05) is 27.7 Å². The van der Waals surface area contributed by atoms with E-state index in [1.165, 1.54) is 18.7 Å². The molecular weight excluding hydrogens is 646 g/mol. The monoisotopic (exact) mass is 697 g/mol. The summed E-state index contributed by atoms with van der Waals surface area (Å²) in [4.78, 5) is 112. The summed E-state index contributed by atoms with van der Waals surface area (Å²) < 4.78 is 0. The van der Waals surface area contributed by atoms with Crippen LogP contribution in [0.5, 0.6) is 0 Å². The summed E-state index contributed by atoms with van der Waals surface area (Å²) in [5.74, 6) is -6.52. The van der Waals surface area contributed by atoms with Crippen LogP contribution in [0.1, 0.15) is 60.8 Å². The SMILES string of the molecule is CC(C)C[C@H](NC(=O)CNC(=O)[C@@H]1CCCN1C(=O)[C@@H](N)C(C)C)C(=O)NCC(=O)N[C@@H](C)C(=O)NCC(=O)N[C@@H](C)C(=O)NCC(=O)O. The first-order valence-electron chi connectivity index (χ1n) is 16.1. The van der Waals surface area contributed by atoms with Crippen LogP contribution in [0, 0.1) is 11.8 Å². The highest BCUT2D eigenvalue weighted by molar-refractivity contribution is 5.95. The Bertz CT molecular complexity index is 1240. The first kappa shape index (κ1) is 42.2. The zero-order valence-electron chi connectivity index (χ0n) is 28.8. The van der Waals surface area contributed by atoms with E-state index in [-0.39, 0.29) is 24.2 Å². The number of nitrogens with zero attached hydrogens (tertiary/aromatic N) is 1. The number of carbonyl (C=O) groups excluding carboxylic acids is 8. The van der Waals surface area contributed by atoms with Crippen molar-refractivity contribution in [3.8, 4) is 0 Å². The molecule has 0 spiro atoms. The summed E-state index contributed by atoms with van der Waals surface area (Å²) in [6, 6.07) is -4.73. The summed E-state index contributed by atoms with van der Waals surface area (Å²) >= 11 is 0. The fourth-order valence-corrected chi connectivity index (χ4v) is 4.66. The molecule has 0 aromatic heterocycles. The van der Waals surface area contributed by atoms with Crippen molar-refractivity contribution >= 4 is 53.2 Å². The number of rotatable bonds is 19. The Labute approximate surface area is 285 Å². The molecule has 0 unspecified atom stereocenters. The minimum atomic E-state index is -1.26. The van der Waals surface area contributed by atoms with Gasteiger partial charge in [0.25, 0.3) is 0 Å². The third-order valence-electron chi connectivity index (χ3n) is 7.43. The summed E-state index contributed by atoms with van der Waals surface area (Å²) in [7, 11) is 0. The first-order valence-corrected chi connectivity index (χ1v) is 16.1. The molecule has 1 aliphatic heterocycles. The largest absolute Gasteiger partial charge is 0.480 e. The molecule has 0 aliphatic carbocycles. The van der Waals surface area contributed by atoms with Gasteiger partial charge in [0.1, 0.15) is 30.7 Å². The molecule has 19 nitrogen and oxygen atoms in total. The molecule has 0 radical (unpaired) electrons. The zero-order valence-corrected chi connectivity index (χ0v) is 28.8. The van der Waals surface area contributed by atoms with Crippen molar-refractivity contribution in [3.05, 3.63) is 0 Å². The fourth-order valence-electron chi connectivity index (χ4n) is 4.66. The average molecular weight is 698 g/mol. The van der Waals surface area contributed by atoms with Gasteiger partial charge in [0.2, 0.25) is 47.3 Å². The number of amides is 8. The summed E-state index contributed by atoms with van der Waals surface area (Å²) in [5.41, 5.74) is 5.98.